The summed E-state index contributed by atoms with van der Waals surface area (Å²) >= 11 is 6.41. The number of alkyl halides is 3. The van der Waals surface area contributed by atoms with Gasteiger partial charge in [-0.1, -0.05) is 29.8 Å². The van der Waals surface area contributed by atoms with Gasteiger partial charge in [0.15, 0.2) is 0 Å². The van der Waals surface area contributed by atoms with Gasteiger partial charge >= 0.3 is 12.2 Å². The number of amides is 4. The number of urea groups is 1. The van der Waals surface area contributed by atoms with Gasteiger partial charge in [0.25, 0.3) is 0 Å². The van der Waals surface area contributed by atoms with Gasteiger partial charge < -0.3 is 20.0 Å². The number of halogens is 4. The Morgan fingerprint density at radius 2 is 1.86 bits per heavy atom. The third-order valence-electron chi connectivity index (χ3n) is 8.56. The van der Waals surface area contributed by atoms with Crippen LogP contribution in [0.4, 0.5) is 23.7 Å². The zero-order valence-electron chi connectivity index (χ0n) is 22.7. The number of nitrogens with one attached hydrogen (secondary N) is 2. The molecule has 4 heterocycles. The van der Waals surface area contributed by atoms with Gasteiger partial charge in [0.2, 0.25) is 11.8 Å². The van der Waals surface area contributed by atoms with Crippen molar-refractivity contribution in [2.75, 3.05) is 31.5 Å². The third kappa shape index (κ3) is 5.64. The minimum atomic E-state index is -4.60. The van der Waals surface area contributed by atoms with Crippen LogP contribution in [0.1, 0.15) is 36.0 Å². The molecule has 3 aliphatic heterocycles. The zero-order chi connectivity index (χ0) is 29.6. The molecule has 3 aromatic rings. The number of fused-ring (bicyclic) bond motifs is 4. The molecule has 1 atom stereocenters. The van der Waals surface area contributed by atoms with Gasteiger partial charge in [0.05, 0.1) is 22.7 Å². The van der Waals surface area contributed by atoms with E-state index in [1.54, 1.807) is 11.0 Å². The number of anilines is 1. The predicted octanol–water partition coefficient (Wildman–Crippen LogP) is 4.75. The maximum Gasteiger partial charge on any atom is 0.406 e. The van der Waals surface area contributed by atoms with Crippen LogP contribution in [-0.4, -0.2) is 81.1 Å². The summed E-state index contributed by atoms with van der Waals surface area (Å²) in [5.74, 6) is -1.96. The molecule has 0 bridgehead atoms. The summed E-state index contributed by atoms with van der Waals surface area (Å²) in [6.07, 6.45) is -1.34. The van der Waals surface area contributed by atoms with E-state index in [4.69, 9.17) is 11.6 Å². The number of nitrogens with zero attached hydrogens (tertiary/aromatic N) is 4. The summed E-state index contributed by atoms with van der Waals surface area (Å²) in [7, 11) is 0. The van der Waals surface area contributed by atoms with Gasteiger partial charge in [-0.3, -0.25) is 14.7 Å². The highest BCUT2D eigenvalue weighted by Crippen LogP contribution is 2.35. The summed E-state index contributed by atoms with van der Waals surface area (Å²) in [4.78, 5) is 44.1. The lowest BCUT2D eigenvalue weighted by molar-refractivity contribution is -0.165. The van der Waals surface area contributed by atoms with Crippen molar-refractivity contribution in [1.29, 1.82) is 0 Å². The smallest absolute Gasteiger partial charge is 0.343 e. The molecule has 4 amide bonds. The third-order valence-corrected chi connectivity index (χ3v) is 8.86. The topological polar surface area (TPSA) is 102 Å². The first-order chi connectivity index (χ1) is 20.1. The SMILES string of the molecule is O=C(CC1Cc2cc(Cl)c3[nH]ncc3c2CN(CC(F)(F)F)C1=O)N1CCC(N2CCc3ccccc3NC2=O)CC1. The first-order valence-electron chi connectivity index (χ1n) is 14.0. The average molecular weight is 603 g/mol. The Morgan fingerprint density at radius 1 is 1.10 bits per heavy atom. The molecule has 1 aromatic heterocycles. The molecule has 2 N–H and O–H groups in total. The Bertz CT molecular complexity index is 1530. The van der Waals surface area contributed by atoms with Crippen molar-refractivity contribution < 1.29 is 27.6 Å². The summed E-state index contributed by atoms with van der Waals surface area (Å²) in [5.41, 5.74) is 3.56. The Morgan fingerprint density at radius 3 is 2.62 bits per heavy atom. The number of hydrogen-bond donors (Lipinski definition) is 2. The average Bonchev–Trinajstić information content (AvgIpc) is 3.34. The minimum Gasteiger partial charge on any atom is -0.343 e. The Labute approximate surface area is 245 Å². The van der Waals surface area contributed by atoms with Crippen LogP contribution in [0.15, 0.2) is 36.5 Å². The first kappa shape index (κ1) is 28.3. The molecule has 13 heteroatoms. The summed E-state index contributed by atoms with van der Waals surface area (Å²) in [5, 5.41) is 10.6. The van der Waals surface area contributed by atoms with Crippen molar-refractivity contribution in [2.45, 2.75) is 50.9 Å². The number of piperidine rings is 1. The van der Waals surface area contributed by atoms with Gasteiger partial charge in [-0.2, -0.15) is 18.3 Å². The number of carbonyl (C=O) groups is 3. The number of H-pyrrole nitrogens is 1. The second-order valence-corrected chi connectivity index (χ2v) is 11.6. The molecule has 9 nitrogen and oxygen atoms in total. The molecule has 1 unspecified atom stereocenters. The van der Waals surface area contributed by atoms with E-state index in [1.807, 2.05) is 29.2 Å². The number of para-hydroxylation sites is 1. The summed E-state index contributed by atoms with van der Waals surface area (Å²) in [6, 6.07) is 9.14. The standard InChI is InChI=1S/C29H30ClF3N6O3/c30-23-12-18-11-19(27(41)38(16-29(31,32)33)15-22(18)21-14-34-36-26(21)23)13-25(40)37-8-6-20(7-9-37)39-10-5-17-3-1-2-4-24(17)35-28(39)42/h1-4,12,14,19-20H,5-11,13,15-16H2,(H,34,36)(H,35,42). The van der Waals surface area contributed by atoms with E-state index < -0.39 is 24.5 Å². The van der Waals surface area contributed by atoms with Crippen LogP contribution in [0.3, 0.4) is 0 Å². The van der Waals surface area contributed by atoms with Crippen LogP contribution in [0.5, 0.6) is 0 Å². The predicted molar refractivity (Wildman–Crippen MR) is 150 cm³/mol. The van der Waals surface area contributed by atoms with Crippen LogP contribution in [0.2, 0.25) is 5.02 Å². The number of carbonyl (C=O) groups excluding carboxylic acids is 3. The molecule has 2 aromatic carbocycles. The van der Waals surface area contributed by atoms with E-state index in [9.17, 15) is 27.6 Å². The van der Waals surface area contributed by atoms with Crippen molar-refractivity contribution >= 4 is 46.0 Å². The molecule has 0 aliphatic carbocycles. The molecule has 3 aliphatic rings. The number of likely N-dealkylation sites (tertiary alicyclic amines) is 1. The highest BCUT2D eigenvalue weighted by atomic mass is 35.5. The van der Waals surface area contributed by atoms with E-state index in [0.717, 1.165) is 22.6 Å². The number of aromatic nitrogens is 2. The van der Waals surface area contributed by atoms with Crippen LogP contribution < -0.4 is 5.32 Å². The van der Waals surface area contributed by atoms with E-state index in [2.05, 4.69) is 15.5 Å². The van der Waals surface area contributed by atoms with Crippen molar-refractivity contribution in [3.8, 4) is 0 Å². The van der Waals surface area contributed by atoms with Gasteiger partial charge in [0, 0.05) is 49.7 Å². The highest BCUT2D eigenvalue weighted by Gasteiger charge is 2.40. The van der Waals surface area contributed by atoms with E-state index in [0.29, 0.717) is 59.5 Å². The summed E-state index contributed by atoms with van der Waals surface area (Å²) in [6.45, 7) is -0.306. The molecule has 1 fully saturated rings. The maximum atomic E-state index is 13.5. The minimum absolute atomic E-state index is 0.0449. The normalized spacial score (nSPS) is 20.2. The molecule has 0 radical (unpaired) electrons. The van der Waals surface area contributed by atoms with E-state index in [1.165, 1.54) is 6.20 Å². The van der Waals surface area contributed by atoms with E-state index in [-0.39, 0.29) is 37.4 Å². The fourth-order valence-electron chi connectivity index (χ4n) is 6.45. The van der Waals surface area contributed by atoms with Crippen LogP contribution in [0.25, 0.3) is 10.9 Å². The Balaban J connectivity index is 1.15. The monoisotopic (exact) mass is 602 g/mol. The molecule has 1 saturated heterocycles. The van der Waals surface area contributed by atoms with Crippen molar-refractivity contribution in [3.63, 3.8) is 0 Å². The van der Waals surface area contributed by atoms with Crippen LogP contribution in [0, 0.1) is 5.92 Å². The van der Waals surface area contributed by atoms with Crippen molar-refractivity contribution in [3.05, 3.63) is 58.2 Å². The molecule has 0 spiro atoms. The quantitative estimate of drug-likeness (QED) is 0.450. The number of rotatable bonds is 4. The fraction of sp³-hybridized carbons (Fsp3) is 0.448. The molecule has 6 rings (SSSR count). The van der Waals surface area contributed by atoms with Gasteiger partial charge in [-0.15, -0.1) is 0 Å². The van der Waals surface area contributed by atoms with Gasteiger partial charge in [0.1, 0.15) is 6.54 Å². The molecule has 42 heavy (non-hydrogen) atoms. The van der Waals surface area contributed by atoms with Gasteiger partial charge in [-0.05, 0) is 54.5 Å². The van der Waals surface area contributed by atoms with Gasteiger partial charge in [-0.25, -0.2) is 4.79 Å². The Hall–Kier alpha value is -3.80. The first-order valence-corrected chi connectivity index (χ1v) is 14.4. The fourth-order valence-corrected chi connectivity index (χ4v) is 6.72. The second kappa shape index (κ2) is 11.1. The van der Waals surface area contributed by atoms with E-state index >= 15 is 0 Å². The second-order valence-electron chi connectivity index (χ2n) is 11.2. The largest absolute Gasteiger partial charge is 0.406 e. The van der Waals surface area contributed by atoms with Crippen LogP contribution >= 0.6 is 11.6 Å². The molecule has 222 valence electrons. The van der Waals surface area contributed by atoms with Crippen molar-refractivity contribution in [1.82, 2.24) is 24.9 Å². The summed E-state index contributed by atoms with van der Waals surface area (Å²) < 4.78 is 40.5. The molecule has 0 saturated carbocycles. The lowest BCUT2D eigenvalue weighted by Gasteiger charge is -2.38. The van der Waals surface area contributed by atoms with Crippen molar-refractivity contribution in [2.24, 2.45) is 5.92 Å². The lowest BCUT2D eigenvalue weighted by atomic mass is 9.92. The van der Waals surface area contributed by atoms with Crippen LogP contribution in [-0.2, 0) is 29.0 Å². The number of benzene rings is 2. The lowest BCUT2D eigenvalue weighted by Crippen LogP contribution is -2.50. The zero-order valence-corrected chi connectivity index (χ0v) is 23.5. The Kier molecular flexibility index (Phi) is 7.50. The maximum absolute atomic E-state index is 13.5. The highest BCUT2D eigenvalue weighted by molar-refractivity contribution is 6.35. The molecular formula is C29H30ClF3N6O3. The molecular weight excluding hydrogens is 573 g/mol. The number of hydrogen-bond acceptors (Lipinski definition) is 4. The number of aromatic amines is 1.